The van der Waals surface area contributed by atoms with Crippen LogP contribution in [0.2, 0.25) is 0 Å². The van der Waals surface area contributed by atoms with Gasteiger partial charge in [-0.2, -0.15) is 0 Å². The van der Waals surface area contributed by atoms with Gasteiger partial charge < -0.3 is 16.5 Å². The fraction of sp³-hybridized carbons (Fsp3) is 0. The van der Waals surface area contributed by atoms with Crippen molar-refractivity contribution in [2.75, 3.05) is 5.73 Å². The molecule has 1 rings (SSSR count). The van der Waals surface area contributed by atoms with Crippen molar-refractivity contribution >= 4 is 11.7 Å². The highest BCUT2D eigenvalue weighted by atomic mass is 16.1. The molecule has 1 aromatic heterocycles. The first kappa shape index (κ1) is 7.26. The Kier molecular flexibility index (Phi) is 1.59. The Bertz CT molecular complexity index is 343. The molecule has 1 aromatic rings. The SMILES string of the molecule is NC(=O)c1nc(N)cc(=O)[nH]1. The minimum Gasteiger partial charge on any atom is -0.383 e. The van der Waals surface area contributed by atoms with E-state index in [1.54, 1.807) is 0 Å². The van der Waals surface area contributed by atoms with E-state index in [1.165, 1.54) is 0 Å². The molecule has 1 heterocycles. The fourth-order valence-electron chi connectivity index (χ4n) is 0.593. The highest BCUT2D eigenvalue weighted by Gasteiger charge is 2.02. The minimum absolute atomic E-state index is 0.0254. The van der Waals surface area contributed by atoms with Crippen LogP contribution >= 0.6 is 0 Å². The molecule has 0 aliphatic carbocycles. The summed E-state index contributed by atoms with van der Waals surface area (Å²) in [6.07, 6.45) is 0. The second kappa shape index (κ2) is 2.41. The maximum Gasteiger partial charge on any atom is 0.284 e. The number of carbonyl (C=O) groups is 1. The van der Waals surface area contributed by atoms with E-state index in [2.05, 4.69) is 9.97 Å². The van der Waals surface area contributed by atoms with Crippen LogP contribution in [-0.2, 0) is 0 Å². The normalized spacial score (nSPS) is 9.45. The smallest absolute Gasteiger partial charge is 0.284 e. The van der Waals surface area contributed by atoms with Crippen LogP contribution in [0.5, 0.6) is 0 Å². The Morgan fingerprint density at radius 3 is 2.73 bits per heavy atom. The number of nitrogen functional groups attached to an aromatic ring is 1. The molecular weight excluding hydrogens is 148 g/mol. The van der Waals surface area contributed by atoms with Gasteiger partial charge in [0.05, 0.1) is 0 Å². The minimum atomic E-state index is -0.811. The first-order chi connectivity index (χ1) is 5.09. The molecule has 5 N–H and O–H groups in total. The standard InChI is InChI=1S/C5H6N4O2/c6-2-1-3(10)9-5(8-2)4(7)11/h1H,(H2,7,11)(H3,6,8,9,10). The number of aromatic amines is 1. The number of carbonyl (C=O) groups excluding carboxylic acids is 1. The lowest BCUT2D eigenvalue weighted by atomic mass is 10.5. The summed E-state index contributed by atoms with van der Waals surface area (Å²) in [4.78, 5) is 26.7. The Hall–Kier alpha value is -1.85. The molecule has 0 aliphatic rings. The molecule has 11 heavy (non-hydrogen) atoms. The van der Waals surface area contributed by atoms with Gasteiger partial charge in [0.25, 0.3) is 11.5 Å². The number of hydrogen-bond donors (Lipinski definition) is 3. The number of rotatable bonds is 1. The van der Waals surface area contributed by atoms with Gasteiger partial charge >= 0.3 is 0 Å². The Labute approximate surface area is 61.2 Å². The van der Waals surface area contributed by atoms with Crippen LogP contribution in [0, 0.1) is 0 Å². The van der Waals surface area contributed by atoms with E-state index in [-0.39, 0.29) is 11.6 Å². The maximum absolute atomic E-state index is 10.6. The number of aromatic nitrogens is 2. The third-order valence-corrected chi connectivity index (χ3v) is 0.995. The molecule has 0 unspecified atom stereocenters. The van der Waals surface area contributed by atoms with Gasteiger partial charge in [-0.15, -0.1) is 0 Å². The molecule has 0 fully saturated rings. The molecule has 0 saturated heterocycles. The Morgan fingerprint density at radius 2 is 2.27 bits per heavy atom. The van der Waals surface area contributed by atoms with Gasteiger partial charge in [-0.1, -0.05) is 0 Å². The number of amides is 1. The fourth-order valence-corrected chi connectivity index (χ4v) is 0.593. The van der Waals surface area contributed by atoms with Gasteiger partial charge in [0.15, 0.2) is 0 Å². The average molecular weight is 154 g/mol. The summed E-state index contributed by atoms with van der Waals surface area (Å²) in [6, 6.07) is 1.06. The van der Waals surface area contributed by atoms with Crippen molar-refractivity contribution in [1.29, 1.82) is 0 Å². The van der Waals surface area contributed by atoms with Crippen LogP contribution in [0.15, 0.2) is 10.9 Å². The topological polar surface area (TPSA) is 115 Å². The van der Waals surface area contributed by atoms with Crippen LogP contribution in [0.3, 0.4) is 0 Å². The van der Waals surface area contributed by atoms with Crippen molar-refractivity contribution in [2.45, 2.75) is 0 Å². The molecular formula is C5H6N4O2. The van der Waals surface area contributed by atoms with Gasteiger partial charge in [0, 0.05) is 6.07 Å². The summed E-state index contributed by atoms with van der Waals surface area (Å²) >= 11 is 0. The van der Waals surface area contributed by atoms with E-state index >= 15 is 0 Å². The summed E-state index contributed by atoms with van der Waals surface area (Å²) in [7, 11) is 0. The molecule has 1 amide bonds. The summed E-state index contributed by atoms with van der Waals surface area (Å²) in [5.74, 6) is -1.06. The van der Waals surface area contributed by atoms with Crippen molar-refractivity contribution in [3.8, 4) is 0 Å². The van der Waals surface area contributed by atoms with Crippen LogP contribution in [0.4, 0.5) is 5.82 Å². The van der Waals surface area contributed by atoms with Gasteiger partial charge in [-0.05, 0) is 0 Å². The van der Waals surface area contributed by atoms with Gasteiger partial charge in [-0.3, -0.25) is 9.59 Å². The second-order valence-electron chi connectivity index (χ2n) is 1.88. The zero-order chi connectivity index (χ0) is 8.43. The van der Waals surface area contributed by atoms with Crippen LogP contribution in [0.1, 0.15) is 10.6 Å². The second-order valence-corrected chi connectivity index (χ2v) is 1.88. The van der Waals surface area contributed by atoms with E-state index in [1.807, 2.05) is 0 Å². The monoisotopic (exact) mass is 154 g/mol. The Balaban J connectivity index is 3.30. The summed E-state index contributed by atoms with van der Waals surface area (Å²) in [5.41, 5.74) is 9.49. The first-order valence-electron chi connectivity index (χ1n) is 2.76. The lowest BCUT2D eigenvalue weighted by Gasteiger charge is -1.94. The molecule has 58 valence electrons. The van der Waals surface area contributed by atoms with Gasteiger partial charge in [0.1, 0.15) is 5.82 Å². The number of primary amides is 1. The summed E-state index contributed by atoms with van der Waals surface area (Å²) in [6.45, 7) is 0. The van der Waals surface area contributed by atoms with Crippen LogP contribution < -0.4 is 17.0 Å². The first-order valence-corrected chi connectivity index (χ1v) is 2.76. The number of nitrogens with two attached hydrogens (primary N) is 2. The zero-order valence-corrected chi connectivity index (χ0v) is 5.50. The highest BCUT2D eigenvalue weighted by Crippen LogP contribution is 1.89. The third kappa shape index (κ3) is 1.54. The number of H-pyrrole nitrogens is 1. The molecule has 0 radical (unpaired) electrons. The highest BCUT2D eigenvalue weighted by molar-refractivity contribution is 5.88. The lowest BCUT2D eigenvalue weighted by molar-refractivity contribution is 0.0990. The van der Waals surface area contributed by atoms with Gasteiger partial charge in [0.2, 0.25) is 5.82 Å². The quantitative estimate of drug-likeness (QED) is 0.454. The molecule has 6 nitrogen and oxygen atoms in total. The molecule has 0 spiro atoms. The average Bonchev–Trinajstić information content (AvgIpc) is 1.85. The van der Waals surface area contributed by atoms with E-state index in [0.717, 1.165) is 6.07 Å². The van der Waals surface area contributed by atoms with Crippen molar-refractivity contribution in [3.05, 3.63) is 22.2 Å². The van der Waals surface area contributed by atoms with Crippen molar-refractivity contribution in [3.63, 3.8) is 0 Å². The molecule has 6 heteroatoms. The predicted molar refractivity (Wildman–Crippen MR) is 37.8 cm³/mol. The largest absolute Gasteiger partial charge is 0.383 e. The number of anilines is 1. The number of hydrogen-bond acceptors (Lipinski definition) is 4. The molecule has 0 aromatic carbocycles. The maximum atomic E-state index is 10.6. The molecule has 0 atom stereocenters. The molecule has 0 saturated carbocycles. The van der Waals surface area contributed by atoms with E-state index in [4.69, 9.17) is 11.5 Å². The van der Waals surface area contributed by atoms with E-state index in [0.29, 0.717) is 0 Å². The lowest BCUT2D eigenvalue weighted by Crippen LogP contribution is -2.21. The van der Waals surface area contributed by atoms with E-state index < -0.39 is 11.5 Å². The Morgan fingerprint density at radius 1 is 1.64 bits per heavy atom. The van der Waals surface area contributed by atoms with Crippen molar-refractivity contribution in [1.82, 2.24) is 9.97 Å². The van der Waals surface area contributed by atoms with Crippen LogP contribution in [-0.4, -0.2) is 15.9 Å². The summed E-state index contributed by atoms with van der Waals surface area (Å²) in [5, 5.41) is 0. The van der Waals surface area contributed by atoms with Crippen LogP contribution in [0.25, 0.3) is 0 Å². The number of nitrogens with one attached hydrogen (secondary N) is 1. The van der Waals surface area contributed by atoms with Crippen molar-refractivity contribution < 1.29 is 4.79 Å². The molecule has 0 aliphatic heterocycles. The van der Waals surface area contributed by atoms with Gasteiger partial charge in [-0.25, -0.2) is 4.98 Å². The van der Waals surface area contributed by atoms with Crippen molar-refractivity contribution in [2.24, 2.45) is 5.73 Å². The number of nitrogens with zero attached hydrogens (tertiary/aromatic N) is 1. The van der Waals surface area contributed by atoms with E-state index in [9.17, 15) is 9.59 Å². The predicted octanol–water partition coefficient (Wildman–Crippen LogP) is -1.55. The third-order valence-electron chi connectivity index (χ3n) is 0.995. The zero-order valence-electron chi connectivity index (χ0n) is 5.50. The molecule has 0 bridgehead atoms. The summed E-state index contributed by atoms with van der Waals surface area (Å²) < 4.78 is 0.